The fourth-order valence-corrected chi connectivity index (χ4v) is 1.46. The molecule has 1 aromatic rings. The predicted molar refractivity (Wildman–Crippen MR) is 60.3 cm³/mol. The number of carbonyl (C=O) groups is 1. The minimum absolute atomic E-state index is 0.0530. The lowest BCUT2D eigenvalue weighted by Crippen LogP contribution is -2.26. The van der Waals surface area contributed by atoms with Crippen molar-refractivity contribution >= 4 is 17.7 Å². The Bertz CT molecular complexity index is 432. The second kappa shape index (κ2) is 4.09. The molecule has 0 aromatic heterocycles. The number of amides is 1. The molecule has 0 unspecified atom stereocenters. The van der Waals surface area contributed by atoms with Crippen LogP contribution in [-0.4, -0.2) is 11.6 Å². The van der Waals surface area contributed by atoms with Crippen molar-refractivity contribution in [1.82, 2.24) is 5.43 Å². The quantitative estimate of drug-likeness (QED) is 0.739. The van der Waals surface area contributed by atoms with Gasteiger partial charge in [0.05, 0.1) is 12.1 Å². The van der Waals surface area contributed by atoms with E-state index in [2.05, 4.69) is 10.5 Å². The molecule has 15 heavy (non-hydrogen) atoms. The lowest BCUT2D eigenvalue weighted by Gasteiger charge is -2.12. The Hall–Kier alpha value is -1.90. The summed E-state index contributed by atoms with van der Waals surface area (Å²) >= 11 is 0. The molecule has 0 saturated heterocycles. The summed E-state index contributed by atoms with van der Waals surface area (Å²) in [7, 11) is 0. The van der Waals surface area contributed by atoms with Gasteiger partial charge in [-0.3, -0.25) is 4.79 Å². The van der Waals surface area contributed by atoms with Gasteiger partial charge in [0.1, 0.15) is 0 Å². The molecule has 1 aliphatic rings. The first kappa shape index (κ1) is 9.65. The summed E-state index contributed by atoms with van der Waals surface area (Å²) in [4.78, 5) is 11.2. The summed E-state index contributed by atoms with van der Waals surface area (Å²) in [5.41, 5.74) is 5.40. The first-order chi connectivity index (χ1) is 7.25. The van der Waals surface area contributed by atoms with Gasteiger partial charge in [-0.2, -0.15) is 5.10 Å². The Labute approximate surface area is 88.5 Å². The number of hydrogen-bond acceptors (Lipinski definition) is 2. The van der Waals surface area contributed by atoms with Gasteiger partial charge < -0.3 is 0 Å². The summed E-state index contributed by atoms with van der Waals surface area (Å²) in [6, 6.07) is 9.93. The fourth-order valence-electron chi connectivity index (χ4n) is 1.46. The van der Waals surface area contributed by atoms with Crippen molar-refractivity contribution in [3.8, 4) is 0 Å². The SMILES string of the molecule is CC1=NNC(=O)CC1=Cc1ccccc1. The largest absolute Gasteiger partial charge is 0.273 e. The molecule has 1 amide bonds. The Balaban J connectivity index is 2.30. The van der Waals surface area contributed by atoms with Gasteiger partial charge in [0.25, 0.3) is 0 Å². The summed E-state index contributed by atoms with van der Waals surface area (Å²) < 4.78 is 0. The molecule has 0 radical (unpaired) electrons. The van der Waals surface area contributed by atoms with E-state index in [9.17, 15) is 4.79 Å². The highest BCUT2D eigenvalue weighted by atomic mass is 16.2. The molecule has 2 rings (SSSR count). The molecule has 3 heteroatoms. The second-order valence-corrected chi connectivity index (χ2v) is 3.49. The Morgan fingerprint density at radius 1 is 1.33 bits per heavy atom. The topological polar surface area (TPSA) is 41.5 Å². The number of benzene rings is 1. The zero-order valence-corrected chi connectivity index (χ0v) is 8.53. The standard InChI is InChI=1S/C12H12N2O/c1-9-11(8-12(15)14-13-9)7-10-5-3-2-4-6-10/h2-7H,8H2,1H3,(H,14,15). The van der Waals surface area contributed by atoms with Crippen LogP contribution in [0, 0.1) is 0 Å². The van der Waals surface area contributed by atoms with Gasteiger partial charge in [-0.25, -0.2) is 5.43 Å². The molecule has 3 nitrogen and oxygen atoms in total. The maximum absolute atomic E-state index is 11.2. The summed E-state index contributed by atoms with van der Waals surface area (Å²) in [5.74, 6) is -0.0530. The number of hydrogen-bond donors (Lipinski definition) is 1. The number of hydrazone groups is 1. The van der Waals surface area contributed by atoms with Crippen LogP contribution in [0.25, 0.3) is 6.08 Å². The predicted octanol–water partition coefficient (Wildman–Crippen LogP) is 1.97. The molecule has 1 aliphatic heterocycles. The molecule has 0 fully saturated rings. The minimum Gasteiger partial charge on any atom is -0.273 e. The van der Waals surface area contributed by atoms with Gasteiger partial charge in [0, 0.05) is 0 Å². The molecule has 1 N–H and O–H groups in total. The highest BCUT2D eigenvalue weighted by molar-refractivity contribution is 6.08. The van der Waals surface area contributed by atoms with Gasteiger partial charge in [0.15, 0.2) is 0 Å². The molecule has 76 valence electrons. The Kier molecular flexibility index (Phi) is 2.63. The fraction of sp³-hybridized carbons (Fsp3) is 0.167. The van der Waals surface area contributed by atoms with E-state index < -0.39 is 0 Å². The average Bonchev–Trinajstić information content (AvgIpc) is 2.25. The van der Waals surface area contributed by atoms with Crippen molar-refractivity contribution in [2.45, 2.75) is 13.3 Å². The van der Waals surface area contributed by atoms with Gasteiger partial charge in [0.2, 0.25) is 5.91 Å². The highest BCUT2D eigenvalue weighted by Gasteiger charge is 2.13. The van der Waals surface area contributed by atoms with Crippen molar-refractivity contribution in [2.24, 2.45) is 5.10 Å². The minimum atomic E-state index is -0.0530. The summed E-state index contributed by atoms with van der Waals surface area (Å²) in [6.45, 7) is 1.90. The highest BCUT2D eigenvalue weighted by Crippen LogP contribution is 2.13. The molecular formula is C12H12N2O. The van der Waals surface area contributed by atoms with Crippen LogP contribution >= 0.6 is 0 Å². The van der Waals surface area contributed by atoms with Gasteiger partial charge in [-0.1, -0.05) is 30.3 Å². The normalized spacial score (nSPS) is 18.6. The van der Waals surface area contributed by atoms with Crippen molar-refractivity contribution in [2.75, 3.05) is 0 Å². The van der Waals surface area contributed by atoms with Crippen molar-refractivity contribution in [3.63, 3.8) is 0 Å². The maximum Gasteiger partial charge on any atom is 0.244 e. The Morgan fingerprint density at radius 2 is 2.07 bits per heavy atom. The van der Waals surface area contributed by atoms with Crippen LogP contribution < -0.4 is 5.43 Å². The van der Waals surface area contributed by atoms with Gasteiger partial charge in [-0.05, 0) is 24.1 Å². The van der Waals surface area contributed by atoms with Crippen LogP contribution in [0.5, 0.6) is 0 Å². The first-order valence-corrected chi connectivity index (χ1v) is 4.85. The first-order valence-electron chi connectivity index (χ1n) is 4.85. The number of nitrogens with zero attached hydrogens (tertiary/aromatic N) is 1. The van der Waals surface area contributed by atoms with Crippen LogP contribution in [0.15, 0.2) is 41.0 Å². The van der Waals surface area contributed by atoms with E-state index in [1.165, 1.54) is 0 Å². The molecule has 1 heterocycles. The molecule has 0 aliphatic carbocycles. The maximum atomic E-state index is 11.2. The second-order valence-electron chi connectivity index (χ2n) is 3.49. The van der Waals surface area contributed by atoms with E-state index in [0.717, 1.165) is 16.8 Å². The van der Waals surface area contributed by atoms with Gasteiger partial charge >= 0.3 is 0 Å². The smallest absolute Gasteiger partial charge is 0.244 e. The van der Waals surface area contributed by atoms with Crippen LogP contribution in [-0.2, 0) is 4.79 Å². The molecule has 0 saturated carbocycles. The van der Waals surface area contributed by atoms with E-state index in [1.807, 2.05) is 43.3 Å². The Morgan fingerprint density at radius 3 is 2.80 bits per heavy atom. The lowest BCUT2D eigenvalue weighted by atomic mass is 10.0. The van der Waals surface area contributed by atoms with Crippen molar-refractivity contribution in [1.29, 1.82) is 0 Å². The van der Waals surface area contributed by atoms with Gasteiger partial charge in [-0.15, -0.1) is 0 Å². The van der Waals surface area contributed by atoms with E-state index in [0.29, 0.717) is 6.42 Å². The van der Waals surface area contributed by atoms with Crippen LogP contribution in [0.3, 0.4) is 0 Å². The third-order valence-electron chi connectivity index (χ3n) is 2.30. The van der Waals surface area contributed by atoms with Crippen LogP contribution in [0.4, 0.5) is 0 Å². The van der Waals surface area contributed by atoms with E-state index >= 15 is 0 Å². The number of rotatable bonds is 1. The zero-order chi connectivity index (χ0) is 10.7. The van der Waals surface area contributed by atoms with E-state index in [-0.39, 0.29) is 5.91 Å². The molecule has 0 atom stereocenters. The summed E-state index contributed by atoms with van der Waals surface area (Å²) in [5, 5.41) is 3.94. The molecular weight excluding hydrogens is 188 g/mol. The van der Waals surface area contributed by atoms with Crippen molar-refractivity contribution < 1.29 is 4.79 Å². The number of nitrogens with one attached hydrogen (secondary N) is 1. The third kappa shape index (κ3) is 2.31. The third-order valence-corrected chi connectivity index (χ3v) is 2.30. The van der Waals surface area contributed by atoms with Crippen LogP contribution in [0.2, 0.25) is 0 Å². The monoisotopic (exact) mass is 200 g/mol. The molecule has 0 spiro atoms. The molecule has 0 bridgehead atoms. The lowest BCUT2D eigenvalue weighted by molar-refractivity contribution is -0.120. The van der Waals surface area contributed by atoms with E-state index in [4.69, 9.17) is 0 Å². The number of carbonyl (C=O) groups excluding carboxylic acids is 1. The van der Waals surface area contributed by atoms with Crippen LogP contribution in [0.1, 0.15) is 18.9 Å². The zero-order valence-electron chi connectivity index (χ0n) is 8.53. The molecule has 1 aromatic carbocycles. The summed E-state index contributed by atoms with van der Waals surface area (Å²) in [6.07, 6.45) is 2.40. The van der Waals surface area contributed by atoms with Crippen molar-refractivity contribution in [3.05, 3.63) is 41.5 Å². The average molecular weight is 200 g/mol. The van der Waals surface area contributed by atoms with E-state index in [1.54, 1.807) is 0 Å².